The lowest BCUT2D eigenvalue weighted by atomic mass is 10.3. The van der Waals surface area contributed by atoms with Gasteiger partial charge < -0.3 is 19.3 Å². The molecule has 0 atom stereocenters. The predicted molar refractivity (Wildman–Crippen MR) is 89.4 cm³/mol. The molecule has 2 aliphatic rings. The van der Waals surface area contributed by atoms with Crippen molar-refractivity contribution in [3.8, 4) is 11.5 Å². The summed E-state index contributed by atoms with van der Waals surface area (Å²) in [5.74, 6) is 1.09. The van der Waals surface area contributed by atoms with E-state index in [4.69, 9.17) is 9.47 Å². The van der Waals surface area contributed by atoms with Crippen molar-refractivity contribution in [2.45, 2.75) is 11.3 Å². The molecule has 0 amide bonds. The number of benzene rings is 1. The molecule has 2 aliphatic heterocycles. The number of piperazine rings is 1. The van der Waals surface area contributed by atoms with E-state index in [1.54, 1.807) is 21.9 Å². The third-order valence-corrected chi connectivity index (χ3v) is 6.09. The highest BCUT2D eigenvalue weighted by Gasteiger charge is 2.21. The second-order valence-corrected chi connectivity index (χ2v) is 8.28. The molecule has 1 fully saturated rings. The molecule has 0 unspecified atom stereocenters. The third kappa shape index (κ3) is 4.38. The first-order valence-electron chi connectivity index (χ1n) is 8.59. The van der Waals surface area contributed by atoms with Crippen LogP contribution in [0.1, 0.15) is 6.42 Å². The lowest BCUT2D eigenvalue weighted by Crippen LogP contribution is -3.27. The predicted octanol–water partition coefficient (Wildman–Crippen LogP) is -2.46. The van der Waals surface area contributed by atoms with Gasteiger partial charge in [0.05, 0.1) is 18.5 Å². The minimum atomic E-state index is -3.50. The lowest BCUT2D eigenvalue weighted by Gasteiger charge is -2.27. The maximum atomic E-state index is 12.4. The van der Waals surface area contributed by atoms with Crippen molar-refractivity contribution >= 4 is 10.0 Å². The largest absolute Gasteiger partial charge is 0.486 e. The number of rotatable bonds is 6. The average molecular weight is 357 g/mol. The van der Waals surface area contributed by atoms with Crippen LogP contribution in [-0.2, 0) is 10.0 Å². The number of quaternary nitrogens is 2. The van der Waals surface area contributed by atoms with Crippen molar-refractivity contribution in [1.29, 1.82) is 0 Å². The normalized spacial score (nSPS) is 23.9. The van der Waals surface area contributed by atoms with Crippen LogP contribution in [0.4, 0.5) is 0 Å². The Morgan fingerprint density at radius 2 is 1.79 bits per heavy atom. The van der Waals surface area contributed by atoms with Crippen LogP contribution in [0.2, 0.25) is 0 Å². The molecule has 0 radical (unpaired) electrons. The average Bonchev–Trinajstić information content (AvgIpc) is 2.60. The van der Waals surface area contributed by atoms with Crippen LogP contribution in [0.3, 0.4) is 0 Å². The molecule has 1 aromatic carbocycles. The van der Waals surface area contributed by atoms with Crippen LogP contribution in [0, 0.1) is 0 Å². The molecule has 3 rings (SSSR count). The Kier molecular flexibility index (Phi) is 5.60. The number of sulfonamides is 1. The second kappa shape index (κ2) is 7.69. The molecular weight excluding hydrogens is 330 g/mol. The standard InChI is InChI=1S/C16H25N3O4S/c1-18-7-9-19(10-8-18)6-2-5-17-24(20,21)14-3-4-15-16(13-14)23-12-11-22-15/h3-4,13,17H,2,5-12H2,1H3/p+2. The smallest absolute Gasteiger partial charge is 0.240 e. The van der Waals surface area contributed by atoms with Crippen molar-refractivity contribution in [2.75, 3.05) is 59.5 Å². The van der Waals surface area contributed by atoms with E-state index in [0.29, 0.717) is 31.3 Å². The van der Waals surface area contributed by atoms with Gasteiger partial charge in [0.15, 0.2) is 11.5 Å². The lowest BCUT2D eigenvalue weighted by molar-refractivity contribution is -1.00. The van der Waals surface area contributed by atoms with Crippen molar-refractivity contribution in [2.24, 2.45) is 0 Å². The van der Waals surface area contributed by atoms with Gasteiger partial charge in [0.2, 0.25) is 10.0 Å². The number of hydrogen-bond donors (Lipinski definition) is 3. The second-order valence-electron chi connectivity index (χ2n) is 6.51. The van der Waals surface area contributed by atoms with Gasteiger partial charge in [-0.25, -0.2) is 13.1 Å². The van der Waals surface area contributed by atoms with Gasteiger partial charge in [-0.3, -0.25) is 0 Å². The summed E-state index contributed by atoms with van der Waals surface area (Å²) in [6.07, 6.45) is 0.845. The van der Waals surface area contributed by atoms with E-state index in [1.165, 1.54) is 32.2 Å². The maximum Gasteiger partial charge on any atom is 0.240 e. The van der Waals surface area contributed by atoms with E-state index in [9.17, 15) is 8.42 Å². The van der Waals surface area contributed by atoms with Crippen molar-refractivity contribution < 1.29 is 27.7 Å². The van der Waals surface area contributed by atoms with Gasteiger partial charge in [-0.05, 0) is 12.1 Å². The number of ether oxygens (including phenoxy) is 2. The molecule has 3 N–H and O–H groups in total. The Labute approximate surface area is 143 Å². The number of likely N-dealkylation sites (N-methyl/N-ethyl adjacent to an activating group) is 1. The summed E-state index contributed by atoms with van der Waals surface area (Å²) >= 11 is 0. The fourth-order valence-electron chi connectivity index (χ4n) is 3.10. The third-order valence-electron chi connectivity index (χ3n) is 4.63. The molecule has 0 aromatic heterocycles. The molecule has 8 heteroatoms. The molecular formula is C16H27N3O4S+2. The first-order chi connectivity index (χ1) is 11.5. The molecule has 24 heavy (non-hydrogen) atoms. The van der Waals surface area contributed by atoms with Gasteiger partial charge >= 0.3 is 0 Å². The fourth-order valence-corrected chi connectivity index (χ4v) is 4.19. The van der Waals surface area contributed by atoms with E-state index < -0.39 is 10.0 Å². The zero-order chi connectivity index (χ0) is 17.0. The Morgan fingerprint density at radius 3 is 2.54 bits per heavy atom. The van der Waals surface area contributed by atoms with Gasteiger partial charge in [0.1, 0.15) is 39.4 Å². The minimum Gasteiger partial charge on any atom is -0.486 e. The Hall–Kier alpha value is -1.35. The highest BCUT2D eigenvalue weighted by molar-refractivity contribution is 7.89. The van der Waals surface area contributed by atoms with E-state index in [-0.39, 0.29) is 4.90 Å². The Morgan fingerprint density at radius 1 is 1.08 bits per heavy atom. The number of nitrogens with one attached hydrogen (secondary N) is 3. The van der Waals surface area contributed by atoms with E-state index >= 15 is 0 Å². The summed E-state index contributed by atoms with van der Waals surface area (Å²) in [7, 11) is -1.28. The number of fused-ring (bicyclic) bond motifs is 1. The van der Waals surface area contributed by atoms with Crippen LogP contribution in [0.5, 0.6) is 11.5 Å². The van der Waals surface area contributed by atoms with Crippen LogP contribution in [-0.4, -0.2) is 67.9 Å². The van der Waals surface area contributed by atoms with Gasteiger partial charge in [0.25, 0.3) is 0 Å². The Balaban J connectivity index is 1.49. The molecule has 0 bridgehead atoms. The van der Waals surface area contributed by atoms with Gasteiger partial charge in [0, 0.05) is 19.0 Å². The summed E-state index contributed by atoms with van der Waals surface area (Å²) in [6.45, 7) is 7.13. The molecule has 134 valence electrons. The van der Waals surface area contributed by atoms with Crippen molar-refractivity contribution in [3.05, 3.63) is 18.2 Å². The minimum absolute atomic E-state index is 0.224. The van der Waals surface area contributed by atoms with E-state index in [0.717, 1.165) is 13.0 Å². The van der Waals surface area contributed by atoms with Gasteiger partial charge in [-0.15, -0.1) is 0 Å². The maximum absolute atomic E-state index is 12.4. The van der Waals surface area contributed by atoms with Crippen molar-refractivity contribution in [1.82, 2.24) is 4.72 Å². The SMILES string of the molecule is C[NH+]1CC[NH+](CCCNS(=O)(=O)c2ccc3c(c2)OCCO3)CC1. The first kappa shape index (κ1) is 17.5. The highest BCUT2D eigenvalue weighted by atomic mass is 32.2. The van der Waals surface area contributed by atoms with E-state index in [1.807, 2.05) is 0 Å². The van der Waals surface area contributed by atoms with Gasteiger partial charge in [-0.2, -0.15) is 0 Å². The summed E-state index contributed by atoms with van der Waals surface area (Å²) in [4.78, 5) is 3.37. The molecule has 2 heterocycles. The molecule has 0 aliphatic carbocycles. The van der Waals surface area contributed by atoms with Crippen LogP contribution < -0.4 is 24.0 Å². The summed E-state index contributed by atoms with van der Waals surface area (Å²) in [5, 5.41) is 0. The van der Waals surface area contributed by atoms with Gasteiger partial charge in [-0.1, -0.05) is 0 Å². The molecule has 1 saturated heterocycles. The summed E-state index contributed by atoms with van der Waals surface area (Å²) in [5.41, 5.74) is 0. The summed E-state index contributed by atoms with van der Waals surface area (Å²) in [6, 6.07) is 4.75. The quantitative estimate of drug-likeness (QED) is 0.494. The first-order valence-corrected chi connectivity index (χ1v) is 10.1. The Bertz CT molecular complexity index is 657. The number of hydrogen-bond acceptors (Lipinski definition) is 4. The highest BCUT2D eigenvalue weighted by Crippen LogP contribution is 2.32. The summed E-state index contributed by atoms with van der Waals surface area (Å²) < 4.78 is 38.3. The molecule has 0 spiro atoms. The monoisotopic (exact) mass is 357 g/mol. The molecule has 1 aromatic rings. The van der Waals surface area contributed by atoms with Crippen LogP contribution in [0.15, 0.2) is 23.1 Å². The molecule has 7 nitrogen and oxygen atoms in total. The van der Waals surface area contributed by atoms with Crippen molar-refractivity contribution in [3.63, 3.8) is 0 Å². The van der Waals surface area contributed by atoms with Crippen LogP contribution in [0.25, 0.3) is 0 Å². The van der Waals surface area contributed by atoms with Crippen LogP contribution >= 0.6 is 0 Å². The zero-order valence-corrected chi connectivity index (χ0v) is 15.0. The fraction of sp³-hybridized carbons (Fsp3) is 0.625. The molecule has 0 saturated carbocycles. The zero-order valence-electron chi connectivity index (χ0n) is 14.1. The topological polar surface area (TPSA) is 73.5 Å². The van der Waals surface area contributed by atoms with E-state index in [2.05, 4.69) is 11.8 Å².